The summed E-state index contributed by atoms with van der Waals surface area (Å²) in [5.41, 5.74) is 9.31. The minimum Gasteiger partial charge on any atom is -0.494 e. The molecule has 2 aromatic carbocycles. The molecular weight excluding hydrogens is 469 g/mol. The fourth-order valence-corrected chi connectivity index (χ4v) is 2.73. The molecule has 154 valence electrons. The summed E-state index contributed by atoms with van der Waals surface area (Å²) in [6.45, 7) is 5.89. The highest BCUT2D eigenvalue weighted by Gasteiger charge is 2.05. The Morgan fingerprint density at radius 2 is 1.68 bits per heavy atom. The molecule has 2 rings (SSSR count). The van der Waals surface area contributed by atoms with Crippen molar-refractivity contribution >= 4 is 29.9 Å². The summed E-state index contributed by atoms with van der Waals surface area (Å²) < 4.78 is 16.1. The van der Waals surface area contributed by atoms with Gasteiger partial charge in [-0.2, -0.15) is 0 Å². The number of rotatable bonds is 9. The highest BCUT2D eigenvalue weighted by Crippen LogP contribution is 2.27. The molecule has 0 atom stereocenters. The van der Waals surface area contributed by atoms with Gasteiger partial charge in [-0.3, -0.25) is 0 Å². The van der Waals surface area contributed by atoms with Gasteiger partial charge in [-0.05, 0) is 55.2 Å². The zero-order valence-electron chi connectivity index (χ0n) is 17.0. The molecule has 0 saturated carbocycles. The minimum atomic E-state index is 0. The third kappa shape index (κ3) is 7.10. The first-order valence-corrected chi connectivity index (χ1v) is 9.04. The second-order valence-corrected chi connectivity index (χ2v) is 6.10. The lowest BCUT2D eigenvalue weighted by atomic mass is 10.1. The van der Waals surface area contributed by atoms with Crippen LogP contribution >= 0.6 is 24.0 Å². The van der Waals surface area contributed by atoms with Crippen LogP contribution in [0.15, 0.2) is 41.4 Å². The summed E-state index contributed by atoms with van der Waals surface area (Å²) in [7, 11) is 3.26. The predicted molar refractivity (Wildman–Crippen MR) is 124 cm³/mol. The van der Waals surface area contributed by atoms with Gasteiger partial charge in [-0.1, -0.05) is 18.2 Å². The summed E-state index contributed by atoms with van der Waals surface area (Å²) in [5, 5.41) is 3.14. The van der Waals surface area contributed by atoms with Crippen molar-refractivity contribution in [3.05, 3.63) is 53.1 Å². The normalized spacial score (nSPS) is 10.8. The number of nitrogens with one attached hydrogen (secondary N) is 1. The van der Waals surface area contributed by atoms with Crippen molar-refractivity contribution in [2.45, 2.75) is 26.8 Å². The Hall–Kier alpha value is -2.16. The molecule has 0 saturated heterocycles. The zero-order chi connectivity index (χ0) is 19.6. The van der Waals surface area contributed by atoms with E-state index < -0.39 is 0 Å². The number of benzene rings is 2. The van der Waals surface area contributed by atoms with Crippen molar-refractivity contribution in [2.75, 3.05) is 27.4 Å². The number of hydrogen-bond acceptors (Lipinski definition) is 4. The average Bonchev–Trinajstić information content (AvgIpc) is 2.68. The molecule has 0 aromatic heterocycles. The highest BCUT2D eigenvalue weighted by atomic mass is 127. The number of nitrogens with two attached hydrogens (primary N) is 1. The van der Waals surface area contributed by atoms with E-state index in [2.05, 4.69) is 16.4 Å². The Balaban J connectivity index is 0.00000392. The van der Waals surface area contributed by atoms with Gasteiger partial charge in [0.25, 0.3) is 0 Å². The van der Waals surface area contributed by atoms with E-state index in [0.717, 1.165) is 40.4 Å². The Bertz CT molecular complexity index is 781. The summed E-state index contributed by atoms with van der Waals surface area (Å²) in [6.07, 6.45) is 0.804. The Morgan fingerprint density at radius 1 is 1.00 bits per heavy atom. The summed E-state index contributed by atoms with van der Waals surface area (Å²) in [4.78, 5) is 4.40. The van der Waals surface area contributed by atoms with Crippen molar-refractivity contribution in [2.24, 2.45) is 10.7 Å². The fraction of sp³-hybridized carbons (Fsp3) is 0.381. The molecule has 3 N–H and O–H groups in total. The first-order valence-electron chi connectivity index (χ1n) is 9.04. The standard InChI is InChI=1S/C21H29N3O3.HI/c1-5-27-18-8-7-17(12-15(18)2)14-24-21(22)23-11-10-16-6-9-19(25-3)20(13-16)26-4;/h6-9,12-13H,5,10-11,14H2,1-4H3,(H3,22,23,24);1H. The molecule has 0 amide bonds. The molecule has 0 spiro atoms. The number of ether oxygens (including phenoxy) is 3. The van der Waals surface area contributed by atoms with Gasteiger partial charge in [0.05, 0.1) is 27.4 Å². The van der Waals surface area contributed by atoms with Gasteiger partial charge in [0.2, 0.25) is 0 Å². The van der Waals surface area contributed by atoms with E-state index in [4.69, 9.17) is 19.9 Å². The first kappa shape index (κ1) is 23.9. The van der Waals surface area contributed by atoms with Crippen molar-refractivity contribution in [1.29, 1.82) is 0 Å². The molecule has 0 aliphatic heterocycles. The summed E-state index contributed by atoms with van der Waals surface area (Å²) in [5.74, 6) is 2.79. The van der Waals surface area contributed by atoms with Crippen molar-refractivity contribution in [3.63, 3.8) is 0 Å². The largest absolute Gasteiger partial charge is 0.494 e. The van der Waals surface area contributed by atoms with E-state index in [-0.39, 0.29) is 24.0 Å². The van der Waals surface area contributed by atoms with Crippen molar-refractivity contribution in [1.82, 2.24) is 5.32 Å². The van der Waals surface area contributed by atoms with E-state index in [1.165, 1.54) is 0 Å². The SMILES string of the molecule is CCOc1ccc(CN=C(N)NCCc2ccc(OC)c(OC)c2)cc1C.I. The van der Waals surface area contributed by atoms with E-state index in [1.54, 1.807) is 14.2 Å². The van der Waals surface area contributed by atoms with Gasteiger partial charge in [-0.25, -0.2) is 4.99 Å². The van der Waals surface area contributed by atoms with E-state index in [9.17, 15) is 0 Å². The fourth-order valence-electron chi connectivity index (χ4n) is 2.73. The lowest BCUT2D eigenvalue weighted by Gasteiger charge is -2.10. The molecule has 0 fully saturated rings. The third-order valence-electron chi connectivity index (χ3n) is 4.14. The van der Waals surface area contributed by atoms with Crippen LogP contribution < -0.4 is 25.3 Å². The van der Waals surface area contributed by atoms with E-state index in [0.29, 0.717) is 25.7 Å². The van der Waals surface area contributed by atoms with Crippen LogP contribution in [0.2, 0.25) is 0 Å². The van der Waals surface area contributed by atoms with Gasteiger partial charge in [0, 0.05) is 6.54 Å². The molecular formula is C21H30IN3O3. The molecule has 0 aliphatic carbocycles. The van der Waals surface area contributed by atoms with Crippen LogP contribution in [0.25, 0.3) is 0 Å². The number of methoxy groups -OCH3 is 2. The zero-order valence-corrected chi connectivity index (χ0v) is 19.3. The molecule has 0 aliphatic rings. The van der Waals surface area contributed by atoms with Gasteiger partial charge < -0.3 is 25.3 Å². The number of nitrogens with zero attached hydrogens (tertiary/aromatic N) is 1. The number of hydrogen-bond donors (Lipinski definition) is 2. The van der Waals surface area contributed by atoms with Gasteiger partial charge in [-0.15, -0.1) is 24.0 Å². The average molecular weight is 499 g/mol. The monoisotopic (exact) mass is 499 g/mol. The summed E-state index contributed by atoms with van der Waals surface area (Å²) in [6, 6.07) is 11.9. The Labute approximate surface area is 184 Å². The quantitative estimate of drug-likeness (QED) is 0.313. The Kier molecular flexibility index (Phi) is 10.5. The highest BCUT2D eigenvalue weighted by molar-refractivity contribution is 14.0. The van der Waals surface area contributed by atoms with Crippen LogP contribution in [0.4, 0.5) is 0 Å². The minimum absolute atomic E-state index is 0. The Morgan fingerprint density at radius 3 is 2.32 bits per heavy atom. The van der Waals surface area contributed by atoms with Gasteiger partial charge in [0.1, 0.15) is 5.75 Å². The lowest BCUT2D eigenvalue weighted by Crippen LogP contribution is -2.33. The third-order valence-corrected chi connectivity index (χ3v) is 4.14. The van der Waals surface area contributed by atoms with Crippen LogP contribution in [-0.2, 0) is 13.0 Å². The lowest BCUT2D eigenvalue weighted by molar-refractivity contribution is 0.338. The van der Waals surface area contributed by atoms with Gasteiger partial charge >= 0.3 is 0 Å². The second-order valence-electron chi connectivity index (χ2n) is 6.10. The molecule has 0 radical (unpaired) electrons. The smallest absolute Gasteiger partial charge is 0.188 e. The maximum absolute atomic E-state index is 5.97. The van der Waals surface area contributed by atoms with Crippen molar-refractivity contribution in [3.8, 4) is 17.2 Å². The van der Waals surface area contributed by atoms with Crippen LogP contribution in [0.3, 0.4) is 0 Å². The molecule has 0 heterocycles. The van der Waals surface area contributed by atoms with Crippen LogP contribution in [0, 0.1) is 6.92 Å². The van der Waals surface area contributed by atoms with Crippen molar-refractivity contribution < 1.29 is 14.2 Å². The van der Waals surface area contributed by atoms with Crippen LogP contribution in [0.1, 0.15) is 23.6 Å². The van der Waals surface area contributed by atoms with E-state index in [1.807, 2.05) is 44.2 Å². The first-order chi connectivity index (χ1) is 13.1. The molecule has 28 heavy (non-hydrogen) atoms. The van der Waals surface area contributed by atoms with E-state index >= 15 is 0 Å². The summed E-state index contributed by atoms with van der Waals surface area (Å²) >= 11 is 0. The maximum Gasteiger partial charge on any atom is 0.188 e. The number of aliphatic imine (C=N–C) groups is 1. The molecule has 7 heteroatoms. The number of aryl methyl sites for hydroxylation is 1. The second kappa shape index (κ2) is 12.3. The maximum atomic E-state index is 5.97. The molecule has 0 unspecified atom stereocenters. The van der Waals surface area contributed by atoms with Crippen LogP contribution in [-0.4, -0.2) is 33.3 Å². The molecule has 6 nitrogen and oxygen atoms in total. The van der Waals surface area contributed by atoms with Gasteiger partial charge in [0.15, 0.2) is 17.5 Å². The number of halogens is 1. The number of guanidine groups is 1. The van der Waals surface area contributed by atoms with Crippen LogP contribution in [0.5, 0.6) is 17.2 Å². The topological polar surface area (TPSA) is 78.1 Å². The molecule has 2 aromatic rings. The molecule has 0 bridgehead atoms. The predicted octanol–water partition coefficient (Wildman–Crippen LogP) is 3.68.